The van der Waals surface area contributed by atoms with Gasteiger partial charge in [-0.1, -0.05) is 12.1 Å². The third-order valence-electron chi connectivity index (χ3n) is 3.91. The molecule has 0 radical (unpaired) electrons. The van der Waals surface area contributed by atoms with E-state index in [9.17, 15) is 9.59 Å². The summed E-state index contributed by atoms with van der Waals surface area (Å²) in [5.74, 6) is -0.105. The molecule has 1 saturated heterocycles. The number of nitrogens with one attached hydrogen (secondary N) is 2. The average Bonchev–Trinajstić information content (AvgIpc) is 3.09. The first-order chi connectivity index (χ1) is 11.1. The summed E-state index contributed by atoms with van der Waals surface area (Å²) in [6.45, 7) is 6.34. The Morgan fingerprint density at radius 1 is 1.30 bits per heavy atom. The van der Waals surface area contributed by atoms with E-state index in [2.05, 4.69) is 10.6 Å². The molecule has 1 fully saturated rings. The van der Waals surface area contributed by atoms with E-state index in [0.29, 0.717) is 26.2 Å². The summed E-state index contributed by atoms with van der Waals surface area (Å²) in [5.41, 5.74) is 1.66. The first-order valence-electron chi connectivity index (χ1n) is 8.18. The number of nitrogens with zero attached hydrogens (tertiary/aromatic N) is 1. The fourth-order valence-corrected chi connectivity index (χ4v) is 2.57. The normalized spacial score (nSPS) is 16.9. The molecule has 1 heterocycles. The van der Waals surface area contributed by atoms with E-state index in [1.54, 1.807) is 4.90 Å². The maximum atomic E-state index is 12.0. The van der Waals surface area contributed by atoms with Crippen LogP contribution in [0.5, 0.6) is 0 Å². The number of carbonyl (C=O) groups excluding carboxylic acids is 2. The van der Waals surface area contributed by atoms with Crippen LogP contribution in [0.25, 0.3) is 0 Å². The van der Waals surface area contributed by atoms with Crippen molar-refractivity contribution in [2.24, 2.45) is 0 Å². The summed E-state index contributed by atoms with van der Waals surface area (Å²) in [6.07, 6.45) is 1.35. The minimum Gasteiger partial charge on any atom is -0.368 e. The van der Waals surface area contributed by atoms with Gasteiger partial charge in [0.25, 0.3) is 5.91 Å². The van der Waals surface area contributed by atoms with Gasteiger partial charge < -0.3 is 20.3 Å². The van der Waals surface area contributed by atoms with Crippen LogP contribution in [0.1, 0.15) is 32.3 Å². The van der Waals surface area contributed by atoms with E-state index < -0.39 is 0 Å². The molecule has 1 atom stereocenters. The summed E-state index contributed by atoms with van der Waals surface area (Å²) in [6, 6.07) is 7.41. The van der Waals surface area contributed by atoms with Gasteiger partial charge in [-0.25, -0.2) is 4.79 Å². The van der Waals surface area contributed by atoms with E-state index in [-0.39, 0.29) is 18.0 Å². The van der Waals surface area contributed by atoms with Crippen molar-refractivity contribution in [1.82, 2.24) is 10.2 Å². The molecule has 1 aliphatic heterocycles. The lowest BCUT2D eigenvalue weighted by molar-refractivity contribution is -0.124. The molecule has 1 aromatic carbocycles. The highest BCUT2D eigenvalue weighted by molar-refractivity contribution is 5.94. The molecule has 1 aliphatic rings. The van der Waals surface area contributed by atoms with Gasteiger partial charge in [-0.2, -0.15) is 0 Å². The molecule has 3 amide bonds. The zero-order valence-corrected chi connectivity index (χ0v) is 13.8. The first kappa shape index (κ1) is 17.3. The van der Waals surface area contributed by atoms with E-state index in [1.807, 2.05) is 38.1 Å². The lowest BCUT2D eigenvalue weighted by atomic mass is 10.2. The quantitative estimate of drug-likeness (QED) is 0.845. The zero-order chi connectivity index (χ0) is 16.7. The lowest BCUT2D eigenvalue weighted by Crippen LogP contribution is -2.39. The fraction of sp³-hybridized carbons (Fsp3) is 0.529. The molecule has 0 bridgehead atoms. The number of hydrogen-bond donors (Lipinski definition) is 2. The van der Waals surface area contributed by atoms with Gasteiger partial charge in [0.05, 0.1) is 0 Å². The fourth-order valence-electron chi connectivity index (χ4n) is 2.57. The van der Waals surface area contributed by atoms with Crippen LogP contribution < -0.4 is 10.6 Å². The number of rotatable bonds is 6. The van der Waals surface area contributed by atoms with Crippen LogP contribution in [0.3, 0.4) is 0 Å². The molecular weight excluding hydrogens is 294 g/mol. The number of ether oxygens (including phenoxy) is 1. The molecule has 1 unspecified atom stereocenters. The third kappa shape index (κ3) is 4.96. The molecule has 1 aromatic rings. The van der Waals surface area contributed by atoms with Crippen molar-refractivity contribution in [1.29, 1.82) is 0 Å². The Morgan fingerprint density at radius 2 is 2.09 bits per heavy atom. The average molecular weight is 319 g/mol. The summed E-state index contributed by atoms with van der Waals surface area (Å²) in [5, 5.41) is 5.76. The molecule has 6 heteroatoms. The number of anilines is 1. The molecule has 2 rings (SSSR count). The summed E-state index contributed by atoms with van der Waals surface area (Å²) >= 11 is 0. The van der Waals surface area contributed by atoms with Gasteiger partial charge in [0.1, 0.15) is 6.10 Å². The topological polar surface area (TPSA) is 70.7 Å². The molecular formula is C17H25N3O3. The van der Waals surface area contributed by atoms with Crippen molar-refractivity contribution in [2.75, 3.05) is 25.0 Å². The van der Waals surface area contributed by atoms with Gasteiger partial charge in [0.15, 0.2) is 0 Å². The largest absolute Gasteiger partial charge is 0.368 e. The summed E-state index contributed by atoms with van der Waals surface area (Å²) in [7, 11) is 0. The number of carbonyl (C=O) groups is 2. The molecule has 23 heavy (non-hydrogen) atoms. The summed E-state index contributed by atoms with van der Waals surface area (Å²) < 4.78 is 5.37. The Morgan fingerprint density at radius 3 is 2.74 bits per heavy atom. The second kappa shape index (κ2) is 8.53. The highest BCUT2D eigenvalue weighted by atomic mass is 16.5. The predicted octanol–water partition coefficient (Wildman–Crippen LogP) is 2.36. The van der Waals surface area contributed by atoms with Crippen LogP contribution in [-0.2, 0) is 16.1 Å². The number of hydrogen-bond acceptors (Lipinski definition) is 3. The van der Waals surface area contributed by atoms with Crippen molar-refractivity contribution < 1.29 is 14.3 Å². The standard InChI is InChI=1S/C17H25N3O3/c1-3-20(4-2)17(22)18-12-13-7-5-8-14(11-13)19-16(21)15-9-6-10-23-15/h5,7-8,11,15H,3-4,6,9-10,12H2,1-2H3,(H,18,22)(H,19,21). The first-order valence-corrected chi connectivity index (χ1v) is 8.18. The number of amides is 3. The van der Waals surface area contributed by atoms with Crippen molar-refractivity contribution in [2.45, 2.75) is 39.3 Å². The highest BCUT2D eigenvalue weighted by Gasteiger charge is 2.23. The van der Waals surface area contributed by atoms with Gasteiger partial charge in [-0.05, 0) is 44.4 Å². The zero-order valence-electron chi connectivity index (χ0n) is 13.8. The molecule has 0 aromatic heterocycles. The minimum absolute atomic E-state index is 0.0798. The summed E-state index contributed by atoms with van der Waals surface area (Å²) in [4.78, 5) is 25.7. The van der Waals surface area contributed by atoms with E-state index in [4.69, 9.17) is 4.74 Å². The smallest absolute Gasteiger partial charge is 0.317 e. The van der Waals surface area contributed by atoms with Gasteiger partial charge in [0.2, 0.25) is 0 Å². The van der Waals surface area contributed by atoms with Crippen molar-refractivity contribution in [3.05, 3.63) is 29.8 Å². The highest BCUT2D eigenvalue weighted by Crippen LogP contribution is 2.16. The van der Waals surface area contributed by atoms with Crippen LogP contribution >= 0.6 is 0 Å². The van der Waals surface area contributed by atoms with Crippen LogP contribution in [0.4, 0.5) is 10.5 Å². The van der Waals surface area contributed by atoms with Crippen LogP contribution in [0.2, 0.25) is 0 Å². The van der Waals surface area contributed by atoms with Crippen molar-refractivity contribution in [3.8, 4) is 0 Å². The number of benzene rings is 1. The molecule has 6 nitrogen and oxygen atoms in total. The van der Waals surface area contributed by atoms with E-state index in [0.717, 1.165) is 24.1 Å². The molecule has 0 aliphatic carbocycles. The maximum absolute atomic E-state index is 12.0. The minimum atomic E-state index is -0.346. The monoisotopic (exact) mass is 319 g/mol. The SMILES string of the molecule is CCN(CC)C(=O)NCc1cccc(NC(=O)C2CCCO2)c1. The predicted molar refractivity (Wildman–Crippen MR) is 89.2 cm³/mol. The van der Waals surface area contributed by atoms with E-state index >= 15 is 0 Å². The second-order valence-electron chi connectivity index (χ2n) is 5.52. The Labute approximate surface area is 137 Å². The van der Waals surface area contributed by atoms with Gasteiger partial charge in [0, 0.05) is 31.9 Å². The van der Waals surface area contributed by atoms with E-state index in [1.165, 1.54) is 0 Å². The van der Waals surface area contributed by atoms with Crippen LogP contribution in [0, 0.1) is 0 Å². The van der Waals surface area contributed by atoms with Crippen LogP contribution in [-0.4, -0.2) is 42.6 Å². The maximum Gasteiger partial charge on any atom is 0.317 e. The molecule has 2 N–H and O–H groups in total. The molecule has 0 spiro atoms. The van der Waals surface area contributed by atoms with Gasteiger partial charge in [-0.15, -0.1) is 0 Å². The Hall–Kier alpha value is -2.08. The van der Waals surface area contributed by atoms with Crippen molar-refractivity contribution in [3.63, 3.8) is 0 Å². The second-order valence-corrected chi connectivity index (χ2v) is 5.52. The van der Waals surface area contributed by atoms with Gasteiger partial charge >= 0.3 is 6.03 Å². The Kier molecular flexibility index (Phi) is 6.40. The molecule has 0 saturated carbocycles. The third-order valence-corrected chi connectivity index (χ3v) is 3.91. The number of urea groups is 1. The van der Waals surface area contributed by atoms with Crippen LogP contribution in [0.15, 0.2) is 24.3 Å². The Balaban J connectivity index is 1.89. The lowest BCUT2D eigenvalue weighted by Gasteiger charge is -2.19. The van der Waals surface area contributed by atoms with Crippen molar-refractivity contribution >= 4 is 17.6 Å². The van der Waals surface area contributed by atoms with Gasteiger partial charge in [-0.3, -0.25) is 4.79 Å². The molecule has 126 valence electrons. The Bertz CT molecular complexity index is 538.